The number of fused-ring (bicyclic) bond motifs is 3. The molecule has 142 valence electrons. The average Bonchev–Trinajstić information content (AvgIpc) is 2.76. The van der Waals surface area contributed by atoms with Gasteiger partial charge in [0.25, 0.3) is 0 Å². The Bertz CT molecular complexity index is 1420. The molecule has 0 fully saturated rings. The van der Waals surface area contributed by atoms with Crippen LogP contribution in [0.1, 0.15) is 12.5 Å². The molecule has 0 spiro atoms. The van der Waals surface area contributed by atoms with E-state index in [0.717, 1.165) is 44.7 Å². The molecule has 5 aromatic rings. The third-order valence-corrected chi connectivity index (χ3v) is 6.46. The molecule has 0 aliphatic carbocycles. The molecule has 5 aromatic carbocycles. The van der Waals surface area contributed by atoms with Crippen molar-refractivity contribution in [3.63, 3.8) is 0 Å². The van der Waals surface area contributed by atoms with E-state index in [0.29, 0.717) is 4.90 Å². The van der Waals surface area contributed by atoms with E-state index < -0.39 is 11.1 Å². The van der Waals surface area contributed by atoms with Crippen LogP contribution in [0.15, 0.2) is 89.8 Å². The zero-order valence-electron chi connectivity index (χ0n) is 16.1. The Labute approximate surface area is 172 Å². The van der Waals surface area contributed by atoms with E-state index in [9.17, 15) is 8.76 Å². The molecule has 0 aliphatic rings. The molecule has 2 nitrogen and oxygen atoms in total. The Morgan fingerprint density at radius 3 is 2.21 bits per heavy atom. The normalized spacial score (nSPS) is 12.6. The summed E-state index contributed by atoms with van der Waals surface area (Å²) < 4.78 is 22.6. The molecule has 0 aliphatic heterocycles. The molecule has 0 aromatic heterocycles. The fraction of sp³-hybridized carbons (Fsp3) is 0.0769. The second-order valence-corrected chi connectivity index (χ2v) is 8.16. The maximum absolute atomic E-state index is 12.4. The second-order valence-electron chi connectivity index (χ2n) is 7.25. The van der Waals surface area contributed by atoms with Gasteiger partial charge in [-0.3, -0.25) is 0 Å². The van der Waals surface area contributed by atoms with Gasteiger partial charge in [-0.1, -0.05) is 85.8 Å². The topological polar surface area (TPSA) is 37.3 Å². The first-order chi connectivity index (χ1) is 14.2. The van der Waals surface area contributed by atoms with Crippen molar-refractivity contribution in [2.45, 2.75) is 18.2 Å². The quantitative estimate of drug-likeness (QED) is 0.264. The van der Waals surface area contributed by atoms with Gasteiger partial charge in [-0.05, 0) is 50.7 Å². The maximum Gasteiger partial charge on any atom is 0.187 e. The second kappa shape index (κ2) is 7.11. The summed E-state index contributed by atoms with van der Waals surface area (Å²) in [4.78, 5) is 0.512. The van der Waals surface area contributed by atoms with Crippen molar-refractivity contribution in [3.8, 4) is 11.1 Å². The van der Waals surface area contributed by atoms with E-state index in [4.69, 9.17) is 0 Å². The lowest BCUT2D eigenvalue weighted by Crippen LogP contribution is -1.98. The number of benzene rings is 5. The van der Waals surface area contributed by atoms with Crippen molar-refractivity contribution in [3.05, 3.63) is 90.5 Å². The van der Waals surface area contributed by atoms with Crippen LogP contribution in [-0.2, 0) is 17.5 Å². The molecule has 0 bridgehead atoms. The van der Waals surface area contributed by atoms with Gasteiger partial charge in [0, 0.05) is 10.8 Å². The van der Waals surface area contributed by atoms with Gasteiger partial charge in [0.05, 0.1) is 4.90 Å². The van der Waals surface area contributed by atoms with Crippen LogP contribution >= 0.6 is 0 Å². The summed E-state index contributed by atoms with van der Waals surface area (Å²) in [5.74, 6) is 0. The Morgan fingerprint density at radius 2 is 1.45 bits per heavy atom. The van der Waals surface area contributed by atoms with Gasteiger partial charge in [0.15, 0.2) is 11.1 Å². The predicted molar refractivity (Wildman–Crippen MR) is 123 cm³/mol. The van der Waals surface area contributed by atoms with Crippen molar-refractivity contribution in [2.75, 3.05) is 0 Å². The molecule has 5 rings (SSSR count). The minimum atomic E-state index is -2.08. The third kappa shape index (κ3) is 2.86. The first-order valence-corrected chi connectivity index (χ1v) is 10.9. The molecule has 0 saturated carbocycles. The summed E-state index contributed by atoms with van der Waals surface area (Å²) in [5.41, 5.74) is 3.33. The molecule has 0 amide bonds. The summed E-state index contributed by atoms with van der Waals surface area (Å²) in [6, 6.07) is 28.9. The highest BCUT2D eigenvalue weighted by Gasteiger charge is 2.20. The lowest BCUT2D eigenvalue weighted by atomic mass is 9.89. The average molecular weight is 397 g/mol. The lowest BCUT2D eigenvalue weighted by Gasteiger charge is -2.18. The first kappa shape index (κ1) is 18.0. The van der Waals surface area contributed by atoms with E-state index in [-0.39, 0.29) is 0 Å². The Hall–Kier alpha value is -3.01. The van der Waals surface area contributed by atoms with Crippen LogP contribution in [0.3, 0.4) is 0 Å². The van der Waals surface area contributed by atoms with Crippen LogP contribution in [0.5, 0.6) is 0 Å². The van der Waals surface area contributed by atoms with Crippen LogP contribution in [-0.4, -0.2) is 8.76 Å². The Balaban J connectivity index is 2.01. The highest BCUT2D eigenvalue weighted by molar-refractivity contribution is 7.79. The van der Waals surface area contributed by atoms with E-state index in [1.807, 2.05) is 36.4 Å². The van der Waals surface area contributed by atoms with Crippen LogP contribution in [0, 0.1) is 0 Å². The fourth-order valence-corrected chi connectivity index (χ4v) is 5.17. The molecule has 1 N–H and O–H groups in total. The van der Waals surface area contributed by atoms with E-state index in [2.05, 4.69) is 55.5 Å². The molecular weight excluding hydrogens is 376 g/mol. The van der Waals surface area contributed by atoms with E-state index in [1.165, 1.54) is 10.8 Å². The molecular formula is C26H20O2S. The van der Waals surface area contributed by atoms with Crippen molar-refractivity contribution >= 4 is 43.4 Å². The van der Waals surface area contributed by atoms with Crippen LogP contribution in [0.4, 0.5) is 0 Å². The smallest absolute Gasteiger partial charge is 0.187 e. The Kier molecular flexibility index (Phi) is 4.42. The Morgan fingerprint density at radius 1 is 0.759 bits per heavy atom. The van der Waals surface area contributed by atoms with Crippen molar-refractivity contribution < 1.29 is 8.76 Å². The van der Waals surface area contributed by atoms with Gasteiger partial charge < -0.3 is 4.55 Å². The molecule has 0 heterocycles. The molecule has 3 heteroatoms. The summed E-state index contributed by atoms with van der Waals surface area (Å²) in [7, 11) is 0. The number of hydrogen-bond donors (Lipinski definition) is 1. The summed E-state index contributed by atoms with van der Waals surface area (Å²) in [6.07, 6.45) is 0.803. The third-order valence-electron chi connectivity index (χ3n) is 5.68. The summed E-state index contributed by atoms with van der Waals surface area (Å²) in [6.45, 7) is 2.09. The van der Waals surface area contributed by atoms with E-state index >= 15 is 0 Å². The molecule has 0 saturated heterocycles. The lowest BCUT2D eigenvalue weighted by molar-refractivity contribution is 0.566. The number of aryl methyl sites for hydroxylation is 1. The van der Waals surface area contributed by atoms with Crippen molar-refractivity contribution in [1.82, 2.24) is 0 Å². The van der Waals surface area contributed by atoms with Gasteiger partial charge in [-0.2, -0.15) is 0 Å². The van der Waals surface area contributed by atoms with E-state index in [1.54, 1.807) is 0 Å². The van der Waals surface area contributed by atoms with Gasteiger partial charge >= 0.3 is 0 Å². The molecule has 29 heavy (non-hydrogen) atoms. The van der Waals surface area contributed by atoms with Crippen molar-refractivity contribution in [1.29, 1.82) is 0 Å². The van der Waals surface area contributed by atoms with Crippen LogP contribution in [0.2, 0.25) is 0 Å². The predicted octanol–water partition coefficient (Wildman–Crippen LogP) is 6.96. The minimum Gasteiger partial charge on any atom is -0.302 e. The highest BCUT2D eigenvalue weighted by Crippen LogP contribution is 2.42. The maximum atomic E-state index is 12.4. The van der Waals surface area contributed by atoms with Crippen molar-refractivity contribution in [2.24, 2.45) is 0 Å². The zero-order chi connectivity index (χ0) is 20.0. The summed E-state index contributed by atoms with van der Waals surface area (Å²) in [5, 5.41) is 6.15. The van der Waals surface area contributed by atoms with Gasteiger partial charge in [0.1, 0.15) is 0 Å². The molecule has 1 unspecified atom stereocenters. The number of rotatable bonds is 3. The van der Waals surface area contributed by atoms with Crippen LogP contribution in [0.25, 0.3) is 43.4 Å². The molecule has 0 radical (unpaired) electrons. The first-order valence-electron chi connectivity index (χ1n) is 9.75. The van der Waals surface area contributed by atoms with Gasteiger partial charge in [-0.15, -0.1) is 0 Å². The van der Waals surface area contributed by atoms with Gasteiger partial charge in [-0.25, -0.2) is 4.21 Å². The fourth-order valence-electron chi connectivity index (χ4n) is 4.39. The number of hydrogen-bond acceptors (Lipinski definition) is 1. The standard InChI is InChI=1S/C26H20O2S/c1-2-17-10-7-13-23-24(20-15-14-18-8-3-4-9-19(18)16-20)21-11-5-6-12-22(21)26(25(17)23)29(27)28/h3-16H,2H2,1H3,(H,27,28). The minimum absolute atomic E-state index is 0.512. The highest BCUT2D eigenvalue weighted by atomic mass is 32.2. The molecule has 1 atom stereocenters. The summed E-state index contributed by atoms with van der Waals surface area (Å²) >= 11 is -2.08. The zero-order valence-corrected chi connectivity index (χ0v) is 16.9. The largest absolute Gasteiger partial charge is 0.302 e. The van der Waals surface area contributed by atoms with Crippen LogP contribution < -0.4 is 0 Å². The van der Waals surface area contributed by atoms with Gasteiger partial charge in [0.2, 0.25) is 0 Å². The SMILES string of the molecule is CCc1cccc2c(-c3ccc4ccccc4c3)c3ccccc3c(S(=O)O)c12. The monoisotopic (exact) mass is 396 g/mol.